The number of nitrogens with one attached hydrogen (secondary N) is 1. The molecule has 0 aromatic heterocycles. The smallest absolute Gasteiger partial charge is 0.324 e. The van der Waals surface area contributed by atoms with Gasteiger partial charge in [-0.3, -0.25) is 9.69 Å². The van der Waals surface area contributed by atoms with Gasteiger partial charge in [0.1, 0.15) is 0 Å². The van der Waals surface area contributed by atoms with Gasteiger partial charge in [-0.25, -0.2) is 4.79 Å². The van der Waals surface area contributed by atoms with Crippen LogP contribution in [0.2, 0.25) is 0 Å². The lowest BCUT2D eigenvalue weighted by molar-refractivity contribution is -0.128. The highest BCUT2D eigenvalue weighted by Gasteiger charge is 2.44. The average molecular weight is 281 g/mol. The number of nitrogens with two attached hydrogens (primary N) is 1. The fourth-order valence-electron chi connectivity index (χ4n) is 3.57. The molecule has 114 valence electrons. The van der Waals surface area contributed by atoms with Gasteiger partial charge in [-0.2, -0.15) is 0 Å². The van der Waals surface area contributed by atoms with Gasteiger partial charge in [-0.05, 0) is 43.1 Å². The van der Waals surface area contributed by atoms with Crippen molar-refractivity contribution in [3.8, 4) is 0 Å². The fourth-order valence-corrected chi connectivity index (χ4v) is 3.57. The lowest BCUT2D eigenvalue weighted by Gasteiger charge is -2.45. The van der Waals surface area contributed by atoms with E-state index in [0.717, 1.165) is 25.7 Å². The van der Waals surface area contributed by atoms with Crippen LogP contribution in [0.1, 0.15) is 46.5 Å². The van der Waals surface area contributed by atoms with Crippen LogP contribution in [0.4, 0.5) is 4.79 Å². The van der Waals surface area contributed by atoms with E-state index < -0.39 is 0 Å². The first-order valence-electron chi connectivity index (χ1n) is 7.70. The first-order chi connectivity index (χ1) is 9.40. The monoisotopic (exact) mass is 281 g/mol. The zero-order valence-corrected chi connectivity index (χ0v) is 12.8. The molecule has 1 aliphatic heterocycles. The average Bonchev–Trinajstić information content (AvgIpc) is 2.77. The summed E-state index contributed by atoms with van der Waals surface area (Å²) >= 11 is 0. The molecule has 3 amide bonds. The highest BCUT2D eigenvalue weighted by Crippen LogP contribution is 2.43. The van der Waals surface area contributed by atoms with Crippen LogP contribution in [0.15, 0.2) is 0 Å². The van der Waals surface area contributed by atoms with Gasteiger partial charge in [-0.1, -0.05) is 27.2 Å². The third-order valence-electron chi connectivity index (χ3n) is 5.49. The van der Waals surface area contributed by atoms with Gasteiger partial charge < -0.3 is 11.1 Å². The van der Waals surface area contributed by atoms with Crippen LogP contribution in [0.5, 0.6) is 0 Å². The fraction of sp³-hybridized carbons (Fsp3) is 0.867. The Morgan fingerprint density at radius 2 is 2.05 bits per heavy atom. The summed E-state index contributed by atoms with van der Waals surface area (Å²) in [6.45, 7) is 7.44. The van der Waals surface area contributed by atoms with Gasteiger partial charge in [0.15, 0.2) is 0 Å². The lowest BCUT2D eigenvalue weighted by atomic mass is 9.65. The third kappa shape index (κ3) is 2.68. The largest absolute Gasteiger partial charge is 0.330 e. The Morgan fingerprint density at radius 1 is 1.35 bits per heavy atom. The molecule has 2 aliphatic rings. The van der Waals surface area contributed by atoms with Crippen molar-refractivity contribution < 1.29 is 9.59 Å². The minimum atomic E-state index is -0.242. The van der Waals surface area contributed by atoms with E-state index in [4.69, 9.17) is 5.73 Å². The molecule has 2 fully saturated rings. The summed E-state index contributed by atoms with van der Waals surface area (Å²) in [6, 6.07) is -0.270. The van der Waals surface area contributed by atoms with Gasteiger partial charge in [-0.15, -0.1) is 0 Å². The Hall–Kier alpha value is -1.10. The molecule has 5 heteroatoms. The van der Waals surface area contributed by atoms with Crippen molar-refractivity contribution >= 4 is 11.9 Å². The van der Waals surface area contributed by atoms with Crippen molar-refractivity contribution in [1.29, 1.82) is 0 Å². The maximum absolute atomic E-state index is 12.0. The Labute approximate surface area is 121 Å². The highest BCUT2D eigenvalue weighted by atomic mass is 16.2. The summed E-state index contributed by atoms with van der Waals surface area (Å²) in [5.41, 5.74) is 6.12. The molecule has 1 saturated carbocycles. The van der Waals surface area contributed by atoms with Gasteiger partial charge in [0, 0.05) is 6.04 Å². The van der Waals surface area contributed by atoms with Gasteiger partial charge in [0.25, 0.3) is 0 Å². The molecule has 2 rings (SSSR count). The molecule has 1 heterocycles. The number of carbonyl (C=O) groups is 2. The van der Waals surface area contributed by atoms with Gasteiger partial charge in [0.05, 0.1) is 6.54 Å². The molecule has 3 unspecified atom stereocenters. The number of hydrogen-bond acceptors (Lipinski definition) is 3. The second-order valence-corrected chi connectivity index (χ2v) is 6.84. The van der Waals surface area contributed by atoms with Crippen molar-refractivity contribution in [2.75, 3.05) is 13.1 Å². The normalized spacial score (nSPS) is 31.6. The zero-order valence-electron chi connectivity index (χ0n) is 12.8. The number of urea groups is 1. The zero-order chi connectivity index (χ0) is 14.9. The van der Waals surface area contributed by atoms with Crippen LogP contribution in [0.3, 0.4) is 0 Å². The molecule has 1 saturated heterocycles. The Balaban J connectivity index is 2.19. The number of hydrogen-bond donors (Lipinski definition) is 2. The minimum absolute atomic E-state index is 0.0282. The van der Waals surface area contributed by atoms with Crippen molar-refractivity contribution in [1.82, 2.24) is 10.2 Å². The summed E-state index contributed by atoms with van der Waals surface area (Å²) in [6.07, 6.45) is 4.15. The van der Waals surface area contributed by atoms with E-state index >= 15 is 0 Å². The molecular weight excluding hydrogens is 254 g/mol. The summed E-state index contributed by atoms with van der Waals surface area (Å²) in [5, 5.41) is 2.63. The van der Waals surface area contributed by atoms with Crippen LogP contribution in [-0.4, -0.2) is 36.0 Å². The first kappa shape index (κ1) is 15.3. The van der Waals surface area contributed by atoms with E-state index in [1.807, 2.05) is 0 Å². The molecule has 0 aromatic carbocycles. The lowest BCUT2D eigenvalue weighted by Crippen LogP contribution is -2.51. The molecule has 0 spiro atoms. The summed E-state index contributed by atoms with van der Waals surface area (Å²) in [5.74, 6) is 0.682. The van der Waals surface area contributed by atoms with E-state index in [1.165, 1.54) is 4.90 Å². The SMILES string of the molecule is CCC(C)(C)C1CCC(CN)C(N2C(=O)CNC2=O)C1. The molecule has 5 nitrogen and oxygen atoms in total. The Kier molecular flexibility index (Phi) is 4.37. The van der Waals surface area contributed by atoms with Crippen molar-refractivity contribution in [2.24, 2.45) is 23.0 Å². The van der Waals surface area contributed by atoms with Crippen molar-refractivity contribution in [2.45, 2.75) is 52.5 Å². The standard InChI is InChI=1S/C15H27N3O2/c1-4-15(2,3)11-6-5-10(8-16)12(7-11)18-13(19)9-17-14(18)20/h10-12H,4-9,16H2,1-3H3,(H,17,20). The van der Waals surface area contributed by atoms with E-state index in [2.05, 4.69) is 26.1 Å². The van der Waals surface area contributed by atoms with Crippen molar-refractivity contribution in [3.63, 3.8) is 0 Å². The minimum Gasteiger partial charge on any atom is -0.330 e. The summed E-state index contributed by atoms with van der Waals surface area (Å²) in [4.78, 5) is 25.3. The van der Waals surface area contributed by atoms with Crippen LogP contribution in [-0.2, 0) is 4.79 Å². The molecule has 3 N–H and O–H groups in total. The quantitative estimate of drug-likeness (QED) is 0.770. The molecule has 0 radical (unpaired) electrons. The number of imide groups is 1. The second-order valence-electron chi connectivity index (χ2n) is 6.84. The molecular formula is C15H27N3O2. The number of rotatable bonds is 4. The predicted molar refractivity (Wildman–Crippen MR) is 78.0 cm³/mol. The first-order valence-corrected chi connectivity index (χ1v) is 7.70. The number of carbonyl (C=O) groups excluding carboxylic acids is 2. The van der Waals surface area contributed by atoms with Crippen LogP contribution in [0.25, 0.3) is 0 Å². The maximum atomic E-state index is 12.0. The number of amides is 3. The number of nitrogens with zero attached hydrogens (tertiary/aromatic N) is 1. The highest BCUT2D eigenvalue weighted by molar-refractivity contribution is 6.02. The topological polar surface area (TPSA) is 75.4 Å². The maximum Gasteiger partial charge on any atom is 0.324 e. The van der Waals surface area contributed by atoms with Gasteiger partial charge >= 0.3 is 6.03 Å². The molecule has 20 heavy (non-hydrogen) atoms. The summed E-state index contributed by atoms with van der Waals surface area (Å²) in [7, 11) is 0. The summed E-state index contributed by atoms with van der Waals surface area (Å²) < 4.78 is 0. The van der Waals surface area contributed by atoms with E-state index in [-0.39, 0.29) is 35.9 Å². The Bertz CT molecular complexity index is 379. The molecule has 0 aromatic rings. The second kappa shape index (κ2) is 5.72. The molecule has 0 bridgehead atoms. The van der Waals surface area contributed by atoms with E-state index in [0.29, 0.717) is 12.5 Å². The van der Waals surface area contributed by atoms with Crippen LogP contribution < -0.4 is 11.1 Å². The van der Waals surface area contributed by atoms with Crippen molar-refractivity contribution in [3.05, 3.63) is 0 Å². The molecule has 3 atom stereocenters. The van der Waals surface area contributed by atoms with E-state index in [1.54, 1.807) is 0 Å². The predicted octanol–water partition coefficient (Wildman–Crippen LogP) is 1.72. The van der Waals surface area contributed by atoms with E-state index in [9.17, 15) is 9.59 Å². The Morgan fingerprint density at radius 3 is 2.55 bits per heavy atom. The molecule has 1 aliphatic carbocycles. The van der Waals surface area contributed by atoms with Crippen LogP contribution in [0, 0.1) is 17.3 Å². The third-order valence-corrected chi connectivity index (χ3v) is 5.49. The van der Waals surface area contributed by atoms with Gasteiger partial charge in [0.2, 0.25) is 5.91 Å². The van der Waals surface area contributed by atoms with Crippen LogP contribution >= 0.6 is 0 Å².